The first kappa shape index (κ1) is 9.13. The van der Waals surface area contributed by atoms with Crippen molar-refractivity contribution in [3.05, 3.63) is 30.1 Å². The first-order chi connectivity index (χ1) is 5.70. The summed E-state index contributed by atoms with van der Waals surface area (Å²) in [5, 5.41) is 0. The Hall–Kier alpha value is -0.960. The quantitative estimate of drug-likeness (QED) is 0.642. The molecule has 1 heterocycles. The molecular formula is C9H12N2S. The van der Waals surface area contributed by atoms with Crippen LogP contribution in [0.4, 0.5) is 0 Å². The molecule has 1 aromatic heterocycles. The van der Waals surface area contributed by atoms with E-state index in [2.05, 4.69) is 4.98 Å². The van der Waals surface area contributed by atoms with Crippen molar-refractivity contribution in [1.82, 2.24) is 9.88 Å². The van der Waals surface area contributed by atoms with Gasteiger partial charge in [-0.3, -0.25) is 4.98 Å². The van der Waals surface area contributed by atoms with Gasteiger partial charge in [0.25, 0.3) is 0 Å². The molecule has 0 spiro atoms. The first-order valence-electron chi connectivity index (χ1n) is 3.79. The monoisotopic (exact) mass is 180 g/mol. The van der Waals surface area contributed by atoms with E-state index in [1.165, 1.54) is 0 Å². The maximum atomic E-state index is 5.16. The maximum Gasteiger partial charge on any atom is 0.0819 e. The number of rotatable bonds is 2. The topological polar surface area (TPSA) is 16.1 Å². The SMILES string of the molecule is CN(C)C(=S)Cc1cccnc1. The summed E-state index contributed by atoms with van der Waals surface area (Å²) in [7, 11) is 3.91. The summed E-state index contributed by atoms with van der Waals surface area (Å²) in [6.45, 7) is 0. The number of hydrogen-bond donors (Lipinski definition) is 0. The van der Waals surface area contributed by atoms with Crippen LogP contribution in [0, 0.1) is 0 Å². The molecular weight excluding hydrogens is 168 g/mol. The fraction of sp³-hybridized carbons (Fsp3) is 0.333. The minimum Gasteiger partial charge on any atom is -0.372 e. The van der Waals surface area contributed by atoms with Crippen LogP contribution in [-0.2, 0) is 6.42 Å². The predicted molar refractivity (Wildman–Crippen MR) is 54.2 cm³/mol. The standard InChI is InChI=1S/C9H12N2S/c1-11(2)9(12)6-8-4-3-5-10-7-8/h3-5,7H,6H2,1-2H3. The van der Waals surface area contributed by atoms with Crippen LogP contribution in [-0.4, -0.2) is 29.0 Å². The molecule has 0 fully saturated rings. The molecule has 3 heteroatoms. The number of pyridine rings is 1. The number of thiocarbonyl (C=S) groups is 1. The maximum absolute atomic E-state index is 5.16. The molecule has 64 valence electrons. The van der Waals surface area contributed by atoms with Crippen LogP contribution < -0.4 is 0 Å². The smallest absolute Gasteiger partial charge is 0.0819 e. The molecule has 0 aliphatic rings. The summed E-state index contributed by atoms with van der Waals surface area (Å²) >= 11 is 5.16. The number of nitrogens with zero attached hydrogens (tertiary/aromatic N) is 2. The highest BCUT2D eigenvalue weighted by molar-refractivity contribution is 7.80. The van der Waals surface area contributed by atoms with Crippen LogP contribution in [0.3, 0.4) is 0 Å². The molecule has 0 saturated carbocycles. The Morgan fingerprint density at radius 2 is 2.33 bits per heavy atom. The lowest BCUT2D eigenvalue weighted by Crippen LogP contribution is -2.21. The van der Waals surface area contributed by atoms with E-state index in [1.807, 2.05) is 37.3 Å². The van der Waals surface area contributed by atoms with Crippen molar-refractivity contribution >= 4 is 17.2 Å². The second-order valence-corrected chi connectivity index (χ2v) is 3.30. The molecule has 0 N–H and O–H groups in total. The number of likely N-dealkylation sites (N-methyl/N-ethyl adjacent to an activating group) is 1. The minimum absolute atomic E-state index is 0.802. The van der Waals surface area contributed by atoms with Crippen molar-refractivity contribution in [1.29, 1.82) is 0 Å². The van der Waals surface area contributed by atoms with Gasteiger partial charge in [-0.2, -0.15) is 0 Å². The molecule has 0 aromatic carbocycles. The molecule has 0 amide bonds. The predicted octanol–water partition coefficient (Wildman–Crippen LogP) is 1.51. The Labute approximate surface area is 78.2 Å². The van der Waals surface area contributed by atoms with Gasteiger partial charge < -0.3 is 4.90 Å². The van der Waals surface area contributed by atoms with Gasteiger partial charge in [0.15, 0.2) is 0 Å². The van der Waals surface area contributed by atoms with Crippen LogP contribution in [0.1, 0.15) is 5.56 Å². The van der Waals surface area contributed by atoms with Crippen LogP contribution in [0.25, 0.3) is 0 Å². The van der Waals surface area contributed by atoms with Gasteiger partial charge in [-0.25, -0.2) is 0 Å². The molecule has 0 atom stereocenters. The van der Waals surface area contributed by atoms with Crippen molar-refractivity contribution in [2.24, 2.45) is 0 Å². The Bertz CT molecular complexity index is 256. The molecule has 0 aliphatic heterocycles. The van der Waals surface area contributed by atoms with Crippen molar-refractivity contribution in [3.8, 4) is 0 Å². The van der Waals surface area contributed by atoms with Gasteiger partial charge >= 0.3 is 0 Å². The molecule has 0 radical (unpaired) electrons. The lowest BCUT2D eigenvalue weighted by atomic mass is 10.2. The Kier molecular flexibility index (Phi) is 3.17. The lowest BCUT2D eigenvalue weighted by Gasteiger charge is -2.12. The van der Waals surface area contributed by atoms with Crippen molar-refractivity contribution in [3.63, 3.8) is 0 Å². The zero-order valence-corrected chi connectivity index (χ0v) is 8.14. The van der Waals surface area contributed by atoms with Crippen molar-refractivity contribution < 1.29 is 0 Å². The Morgan fingerprint density at radius 1 is 1.58 bits per heavy atom. The lowest BCUT2D eigenvalue weighted by molar-refractivity contribution is 0.624. The van der Waals surface area contributed by atoms with E-state index in [4.69, 9.17) is 12.2 Å². The summed E-state index contributed by atoms with van der Waals surface area (Å²) in [6.07, 6.45) is 4.41. The van der Waals surface area contributed by atoms with E-state index < -0.39 is 0 Å². The van der Waals surface area contributed by atoms with Gasteiger partial charge in [0, 0.05) is 32.9 Å². The molecule has 0 unspecified atom stereocenters. The molecule has 1 aromatic rings. The van der Waals surface area contributed by atoms with Crippen LogP contribution in [0.15, 0.2) is 24.5 Å². The van der Waals surface area contributed by atoms with Crippen LogP contribution in [0.5, 0.6) is 0 Å². The molecule has 1 rings (SSSR count). The first-order valence-corrected chi connectivity index (χ1v) is 4.20. The van der Waals surface area contributed by atoms with Gasteiger partial charge in [0.1, 0.15) is 0 Å². The largest absolute Gasteiger partial charge is 0.372 e. The highest BCUT2D eigenvalue weighted by Gasteiger charge is 1.99. The highest BCUT2D eigenvalue weighted by atomic mass is 32.1. The van der Waals surface area contributed by atoms with Gasteiger partial charge in [-0.05, 0) is 11.6 Å². The van der Waals surface area contributed by atoms with Crippen molar-refractivity contribution in [2.75, 3.05) is 14.1 Å². The van der Waals surface area contributed by atoms with Gasteiger partial charge in [0.05, 0.1) is 4.99 Å². The summed E-state index contributed by atoms with van der Waals surface area (Å²) in [5.74, 6) is 0. The van der Waals surface area contributed by atoms with E-state index >= 15 is 0 Å². The van der Waals surface area contributed by atoms with Crippen molar-refractivity contribution in [2.45, 2.75) is 6.42 Å². The summed E-state index contributed by atoms with van der Waals surface area (Å²) in [4.78, 5) is 6.90. The molecule has 0 aliphatic carbocycles. The highest BCUT2D eigenvalue weighted by Crippen LogP contribution is 1.99. The zero-order valence-electron chi connectivity index (χ0n) is 7.32. The zero-order chi connectivity index (χ0) is 8.97. The second-order valence-electron chi connectivity index (χ2n) is 2.83. The van der Waals surface area contributed by atoms with Gasteiger partial charge in [-0.15, -0.1) is 0 Å². The number of aromatic nitrogens is 1. The minimum atomic E-state index is 0.802. The Balaban J connectivity index is 2.59. The van der Waals surface area contributed by atoms with E-state index in [-0.39, 0.29) is 0 Å². The molecule has 12 heavy (non-hydrogen) atoms. The van der Waals surface area contributed by atoms with E-state index in [9.17, 15) is 0 Å². The molecule has 0 saturated heterocycles. The van der Waals surface area contributed by atoms with Crippen LogP contribution in [0.2, 0.25) is 0 Å². The second kappa shape index (κ2) is 4.16. The fourth-order valence-corrected chi connectivity index (χ4v) is 1.00. The number of hydrogen-bond acceptors (Lipinski definition) is 2. The fourth-order valence-electron chi connectivity index (χ4n) is 0.835. The third kappa shape index (κ3) is 2.58. The van der Waals surface area contributed by atoms with Gasteiger partial charge in [-0.1, -0.05) is 18.3 Å². The summed E-state index contributed by atoms with van der Waals surface area (Å²) < 4.78 is 0. The third-order valence-electron chi connectivity index (χ3n) is 1.58. The van der Waals surface area contributed by atoms with E-state index in [0.29, 0.717) is 0 Å². The average Bonchev–Trinajstić information content (AvgIpc) is 2.06. The summed E-state index contributed by atoms with van der Waals surface area (Å²) in [5.41, 5.74) is 1.16. The Morgan fingerprint density at radius 3 is 2.83 bits per heavy atom. The molecule has 0 bridgehead atoms. The van der Waals surface area contributed by atoms with E-state index in [0.717, 1.165) is 17.0 Å². The third-order valence-corrected chi connectivity index (χ3v) is 2.09. The summed E-state index contributed by atoms with van der Waals surface area (Å²) in [6, 6.07) is 3.95. The van der Waals surface area contributed by atoms with E-state index in [1.54, 1.807) is 6.20 Å². The normalized spacial score (nSPS) is 9.50. The molecule has 2 nitrogen and oxygen atoms in total. The average molecular weight is 180 g/mol. The van der Waals surface area contributed by atoms with Crippen LogP contribution >= 0.6 is 12.2 Å². The van der Waals surface area contributed by atoms with Gasteiger partial charge in [0.2, 0.25) is 0 Å².